The summed E-state index contributed by atoms with van der Waals surface area (Å²) >= 11 is 0. The number of amides is 1. The van der Waals surface area contributed by atoms with Crippen LogP contribution in [0.4, 0.5) is 11.4 Å². The molecule has 1 aromatic rings. The summed E-state index contributed by atoms with van der Waals surface area (Å²) in [5.74, 6) is -0.258. The van der Waals surface area contributed by atoms with Crippen molar-refractivity contribution in [1.29, 1.82) is 0 Å². The lowest BCUT2D eigenvalue weighted by Crippen LogP contribution is -2.62. The minimum atomic E-state index is -0.589. The summed E-state index contributed by atoms with van der Waals surface area (Å²) in [7, 11) is 0. The molecule has 1 heterocycles. The van der Waals surface area contributed by atoms with Crippen molar-refractivity contribution in [3.63, 3.8) is 0 Å². The van der Waals surface area contributed by atoms with Gasteiger partial charge in [-0.25, -0.2) is 0 Å². The van der Waals surface area contributed by atoms with Crippen molar-refractivity contribution in [1.82, 2.24) is 5.32 Å². The number of nitrogens with two attached hydrogens (primary N) is 2. The third-order valence-corrected chi connectivity index (χ3v) is 3.93. The molecule has 5 heteroatoms. The molecule has 0 aromatic heterocycles. The second-order valence-electron chi connectivity index (χ2n) is 5.79. The van der Waals surface area contributed by atoms with Crippen LogP contribution in [0.15, 0.2) is 24.3 Å². The van der Waals surface area contributed by atoms with Gasteiger partial charge in [0.05, 0.1) is 11.4 Å². The molecule has 0 aliphatic carbocycles. The minimum Gasteiger partial charge on any atom is -0.397 e. The Kier molecular flexibility index (Phi) is 4.18. The van der Waals surface area contributed by atoms with E-state index in [4.69, 9.17) is 11.5 Å². The van der Waals surface area contributed by atoms with Crippen LogP contribution in [0.25, 0.3) is 0 Å². The average Bonchev–Trinajstić information content (AvgIpc) is 2.39. The number of nitrogens with one attached hydrogen (secondary N) is 1. The van der Waals surface area contributed by atoms with Crippen molar-refractivity contribution in [3.05, 3.63) is 24.3 Å². The Hall–Kier alpha value is -1.75. The first kappa shape index (κ1) is 14.7. The summed E-state index contributed by atoms with van der Waals surface area (Å²) < 4.78 is 0. The number of carbonyl (C=O) groups is 1. The lowest BCUT2D eigenvalue weighted by Gasteiger charge is -2.42. The molecule has 1 aliphatic rings. The molecule has 5 N–H and O–H groups in total. The van der Waals surface area contributed by atoms with Gasteiger partial charge in [-0.3, -0.25) is 4.79 Å². The third kappa shape index (κ3) is 2.88. The number of piperidine rings is 1. The largest absolute Gasteiger partial charge is 0.397 e. The van der Waals surface area contributed by atoms with E-state index in [1.54, 1.807) is 0 Å². The maximum atomic E-state index is 11.8. The molecule has 0 unspecified atom stereocenters. The molecule has 0 spiro atoms. The zero-order valence-electron chi connectivity index (χ0n) is 12.2. The maximum Gasteiger partial charge on any atom is 0.237 e. The van der Waals surface area contributed by atoms with Gasteiger partial charge in [0.25, 0.3) is 0 Å². The summed E-state index contributed by atoms with van der Waals surface area (Å²) in [6, 6.07) is 8.06. The molecule has 0 saturated carbocycles. The van der Waals surface area contributed by atoms with Crippen molar-refractivity contribution >= 4 is 17.3 Å². The Labute approximate surface area is 120 Å². The minimum absolute atomic E-state index is 0.232. The molecule has 0 bridgehead atoms. The summed E-state index contributed by atoms with van der Waals surface area (Å²) in [4.78, 5) is 14.1. The van der Waals surface area contributed by atoms with Crippen LogP contribution in [-0.2, 0) is 4.79 Å². The smallest absolute Gasteiger partial charge is 0.237 e. The van der Waals surface area contributed by atoms with Gasteiger partial charge >= 0.3 is 0 Å². The van der Waals surface area contributed by atoms with E-state index in [0.717, 1.165) is 24.5 Å². The van der Waals surface area contributed by atoms with Gasteiger partial charge in [0.15, 0.2) is 0 Å². The Morgan fingerprint density at radius 3 is 2.40 bits per heavy atom. The number of benzene rings is 1. The van der Waals surface area contributed by atoms with Gasteiger partial charge in [-0.2, -0.15) is 0 Å². The SMILES string of the molecule is CC(C)NC1(C(N)=O)CCN(c2ccccc2N)CC1. The van der Waals surface area contributed by atoms with Crippen LogP contribution in [0, 0.1) is 0 Å². The van der Waals surface area contributed by atoms with E-state index in [2.05, 4.69) is 10.2 Å². The van der Waals surface area contributed by atoms with Gasteiger partial charge in [0.1, 0.15) is 5.54 Å². The molecule has 0 radical (unpaired) electrons. The number of nitrogen functional groups attached to an aromatic ring is 1. The van der Waals surface area contributed by atoms with Crippen molar-refractivity contribution in [2.45, 2.75) is 38.3 Å². The molecule has 5 nitrogen and oxygen atoms in total. The molecule has 2 rings (SSSR count). The van der Waals surface area contributed by atoms with Crippen LogP contribution < -0.4 is 21.7 Å². The highest BCUT2D eigenvalue weighted by Gasteiger charge is 2.40. The van der Waals surface area contributed by atoms with Gasteiger partial charge in [0.2, 0.25) is 5.91 Å². The summed E-state index contributed by atoms with van der Waals surface area (Å²) in [6.07, 6.45) is 1.41. The van der Waals surface area contributed by atoms with Crippen LogP contribution in [0.1, 0.15) is 26.7 Å². The molecule has 1 fully saturated rings. The first-order valence-corrected chi connectivity index (χ1v) is 7.12. The molecule has 110 valence electrons. The Balaban J connectivity index is 2.11. The lowest BCUT2D eigenvalue weighted by molar-refractivity contribution is -0.125. The fraction of sp³-hybridized carbons (Fsp3) is 0.533. The predicted molar refractivity (Wildman–Crippen MR) is 82.5 cm³/mol. The maximum absolute atomic E-state index is 11.8. The fourth-order valence-electron chi connectivity index (χ4n) is 2.92. The number of carbonyl (C=O) groups excluding carboxylic acids is 1. The molecule has 1 saturated heterocycles. The predicted octanol–water partition coefficient (Wildman–Crippen LogP) is 1.09. The van der Waals surface area contributed by atoms with Gasteiger partial charge in [-0.1, -0.05) is 12.1 Å². The zero-order valence-corrected chi connectivity index (χ0v) is 12.2. The number of anilines is 2. The quantitative estimate of drug-likeness (QED) is 0.719. The summed E-state index contributed by atoms with van der Waals surface area (Å²) in [5.41, 5.74) is 12.9. The highest BCUT2D eigenvalue weighted by molar-refractivity contribution is 5.85. The van der Waals surface area contributed by atoms with Gasteiger partial charge in [-0.15, -0.1) is 0 Å². The zero-order chi connectivity index (χ0) is 14.8. The summed E-state index contributed by atoms with van der Waals surface area (Å²) in [5, 5.41) is 3.35. The molecular weight excluding hydrogens is 252 g/mol. The number of para-hydroxylation sites is 2. The van der Waals surface area contributed by atoms with Crippen molar-refractivity contribution in [2.75, 3.05) is 23.7 Å². The Morgan fingerprint density at radius 2 is 1.90 bits per heavy atom. The van der Waals surface area contributed by atoms with Crippen molar-refractivity contribution in [2.24, 2.45) is 5.73 Å². The van der Waals surface area contributed by atoms with Crippen molar-refractivity contribution in [3.8, 4) is 0 Å². The average molecular weight is 276 g/mol. The van der Waals surface area contributed by atoms with Gasteiger partial charge in [-0.05, 0) is 38.8 Å². The number of primary amides is 1. The molecule has 1 amide bonds. The van der Waals surface area contributed by atoms with E-state index in [1.165, 1.54) is 0 Å². The van der Waals surface area contributed by atoms with Crippen LogP contribution in [-0.4, -0.2) is 30.6 Å². The monoisotopic (exact) mass is 276 g/mol. The van der Waals surface area contributed by atoms with E-state index in [9.17, 15) is 4.79 Å². The lowest BCUT2D eigenvalue weighted by atomic mass is 9.85. The molecular formula is C15H24N4O. The molecule has 0 atom stereocenters. The third-order valence-electron chi connectivity index (χ3n) is 3.93. The van der Waals surface area contributed by atoms with Crippen LogP contribution in [0.5, 0.6) is 0 Å². The van der Waals surface area contributed by atoms with Crippen LogP contribution >= 0.6 is 0 Å². The Morgan fingerprint density at radius 1 is 1.30 bits per heavy atom. The number of nitrogens with zero attached hydrogens (tertiary/aromatic N) is 1. The van der Waals surface area contributed by atoms with Crippen LogP contribution in [0.3, 0.4) is 0 Å². The van der Waals surface area contributed by atoms with E-state index < -0.39 is 5.54 Å². The number of rotatable bonds is 4. The first-order valence-electron chi connectivity index (χ1n) is 7.12. The fourth-order valence-corrected chi connectivity index (χ4v) is 2.92. The van der Waals surface area contributed by atoms with Gasteiger partial charge < -0.3 is 21.7 Å². The number of hydrogen-bond acceptors (Lipinski definition) is 4. The van der Waals surface area contributed by atoms with E-state index in [0.29, 0.717) is 12.8 Å². The van der Waals surface area contributed by atoms with E-state index in [-0.39, 0.29) is 11.9 Å². The Bertz CT molecular complexity index is 479. The van der Waals surface area contributed by atoms with Gasteiger partial charge in [0, 0.05) is 19.1 Å². The topological polar surface area (TPSA) is 84.4 Å². The highest BCUT2D eigenvalue weighted by atomic mass is 16.1. The molecule has 1 aromatic carbocycles. The highest BCUT2D eigenvalue weighted by Crippen LogP contribution is 2.30. The van der Waals surface area contributed by atoms with E-state index >= 15 is 0 Å². The standard InChI is InChI=1S/C15H24N4O/c1-11(2)18-15(14(17)20)7-9-19(10-8-15)13-6-4-3-5-12(13)16/h3-6,11,18H,7-10,16H2,1-2H3,(H2,17,20). The van der Waals surface area contributed by atoms with Crippen molar-refractivity contribution < 1.29 is 4.79 Å². The first-order chi connectivity index (χ1) is 9.44. The number of hydrogen-bond donors (Lipinski definition) is 3. The second kappa shape index (κ2) is 5.71. The normalized spacial score (nSPS) is 18.2. The van der Waals surface area contributed by atoms with Crippen LogP contribution in [0.2, 0.25) is 0 Å². The molecule has 20 heavy (non-hydrogen) atoms. The summed E-state index contributed by atoms with van der Waals surface area (Å²) in [6.45, 7) is 5.62. The second-order valence-corrected chi connectivity index (χ2v) is 5.79. The van der Waals surface area contributed by atoms with E-state index in [1.807, 2.05) is 38.1 Å². The molecule has 1 aliphatic heterocycles.